The molecule has 1 saturated heterocycles. The number of piperazine rings is 1. The summed E-state index contributed by atoms with van der Waals surface area (Å²) in [5.41, 5.74) is 0.838. The molecule has 5 heteroatoms. The highest BCUT2D eigenvalue weighted by molar-refractivity contribution is 9.10. The highest BCUT2D eigenvalue weighted by atomic mass is 79.9. The highest BCUT2D eigenvalue weighted by Crippen LogP contribution is 2.30. The van der Waals surface area contributed by atoms with Gasteiger partial charge in [-0.15, -0.1) is 0 Å². The topological polar surface area (TPSA) is 32.8 Å². The molecule has 4 nitrogen and oxygen atoms in total. The molecule has 2 rings (SSSR count). The SMILES string of the molecule is CC(c1ccccc1Br)N1CCN(C(=O)OC(C)(C)C)C[C@H]1C. The van der Waals surface area contributed by atoms with Crippen molar-refractivity contribution in [3.63, 3.8) is 0 Å². The van der Waals surface area contributed by atoms with Crippen LogP contribution in [-0.2, 0) is 4.74 Å². The number of ether oxygens (including phenoxy) is 1. The Morgan fingerprint density at radius 1 is 1.30 bits per heavy atom. The average Bonchev–Trinajstić information content (AvgIpc) is 2.45. The molecule has 128 valence electrons. The molecule has 1 amide bonds. The molecule has 0 aromatic heterocycles. The normalized spacial score (nSPS) is 21.1. The molecular weight excluding hydrogens is 356 g/mol. The number of hydrogen-bond donors (Lipinski definition) is 0. The van der Waals surface area contributed by atoms with Crippen LogP contribution in [0.1, 0.15) is 46.2 Å². The van der Waals surface area contributed by atoms with Crippen LogP contribution in [0.4, 0.5) is 4.79 Å². The van der Waals surface area contributed by atoms with Gasteiger partial charge in [0.05, 0.1) is 0 Å². The number of amides is 1. The molecule has 1 unspecified atom stereocenters. The Hall–Kier alpha value is -1.07. The molecule has 0 N–H and O–H groups in total. The third-order valence-electron chi connectivity index (χ3n) is 4.18. The van der Waals surface area contributed by atoms with Crippen molar-refractivity contribution in [2.45, 2.75) is 52.3 Å². The lowest BCUT2D eigenvalue weighted by molar-refractivity contribution is -0.000765. The van der Waals surface area contributed by atoms with Gasteiger partial charge in [-0.3, -0.25) is 4.90 Å². The van der Waals surface area contributed by atoms with E-state index in [-0.39, 0.29) is 6.09 Å². The minimum Gasteiger partial charge on any atom is -0.444 e. The van der Waals surface area contributed by atoms with Crippen molar-refractivity contribution in [1.29, 1.82) is 0 Å². The monoisotopic (exact) mass is 382 g/mol. The van der Waals surface area contributed by atoms with Gasteiger partial charge in [0, 0.05) is 36.2 Å². The van der Waals surface area contributed by atoms with Crippen molar-refractivity contribution in [1.82, 2.24) is 9.80 Å². The molecule has 1 aromatic carbocycles. The fourth-order valence-electron chi connectivity index (χ4n) is 3.03. The number of hydrogen-bond acceptors (Lipinski definition) is 3. The Bertz CT molecular complexity index is 556. The second kappa shape index (κ2) is 7.22. The molecule has 0 bridgehead atoms. The van der Waals surface area contributed by atoms with E-state index in [2.05, 4.69) is 52.9 Å². The first kappa shape index (κ1) is 18.3. The van der Waals surface area contributed by atoms with E-state index in [1.165, 1.54) is 5.56 Å². The summed E-state index contributed by atoms with van der Waals surface area (Å²) in [6, 6.07) is 8.93. The highest BCUT2D eigenvalue weighted by Gasteiger charge is 2.32. The number of benzene rings is 1. The van der Waals surface area contributed by atoms with E-state index in [4.69, 9.17) is 4.74 Å². The Morgan fingerprint density at radius 2 is 1.96 bits per heavy atom. The van der Waals surface area contributed by atoms with Crippen molar-refractivity contribution in [2.75, 3.05) is 19.6 Å². The van der Waals surface area contributed by atoms with Crippen LogP contribution in [0.3, 0.4) is 0 Å². The van der Waals surface area contributed by atoms with Crippen molar-refractivity contribution in [2.24, 2.45) is 0 Å². The second-order valence-electron chi connectivity index (χ2n) is 7.21. The van der Waals surface area contributed by atoms with E-state index in [0.29, 0.717) is 25.2 Å². The molecule has 1 aliphatic heterocycles. The van der Waals surface area contributed by atoms with Gasteiger partial charge in [-0.1, -0.05) is 34.1 Å². The zero-order valence-electron chi connectivity index (χ0n) is 14.7. The van der Waals surface area contributed by atoms with Gasteiger partial charge in [-0.2, -0.15) is 0 Å². The summed E-state index contributed by atoms with van der Waals surface area (Å²) in [7, 11) is 0. The maximum Gasteiger partial charge on any atom is 0.410 e. The fourth-order valence-corrected chi connectivity index (χ4v) is 3.65. The summed E-state index contributed by atoms with van der Waals surface area (Å²) in [5, 5.41) is 0. The second-order valence-corrected chi connectivity index (χ2v) is 8.07. The smallest absolute Gasteiger partial charge is 0.410 e. The molecular formula is C18H27BrN2O2. The molecule has 2 atom stereocenters. The number of carbonyl (C=O) groups is 1. The quantitative estimate of drug-likeness (QED) is 0.757. The first-order valence-electron chi connectivity index (χ1n) is 8.17. The molecule has 1 fully saturated rings. The van der Waals surface area contributed by atoms with Gasteiger partial charge >= 0.3 is 6.09 Å². The molecule has 0 radical (unpaired) electrons. The summed E-state index contributed by atoms with van der Waals surface area (Å²) < 4.78 is 6.62. The molecule has 1 aromatic rings. The standard InChI is InChI=1S/C18H27BrN2O2/c1-13-12-20(17(22)23-18(3,4)5)10-11-21(13)14(2)15-8-6-7-9-16(15)19/h6-9,13-14H,10-12H2,1-5H3/t13-,14?/m1/s1. The van der Waals surface area contributed by atoms with Crippen LogP contribution in [0, 0.1) is 0 Å². The predicted octanol–water partition coefficient (Wildman–Crippen LogP) is 4.45. The Kier molecular flexibility index (Phi) is 5.74. The first-order chi connectivity index (χ1) is 10.7. The maximum atomic E-state index is 12.2. The average molecular weight is 383 g/mol. The largest absolute Gasteiger partial charge is 0.444 e. The van der Waals surface area contributed by atoms with E-state index < -0.39 is 5.60 Å². The van der Waals surface area contributed by atoms with E-state index in [9.17, 15) is 4.79 Å². The predicted molar refractivity (Wildman–Crippen MR) is 96.5 cm³/mol. The summed E-state index contributed by atoms with van der Waals surface area (Å²) in [6.45, 7) is 12.4. The van der Waals surface area contributed by atoms with Crippen LogP contribution in [0.25, 0.3) is 0 Å². The zero-order valence-corrected chi connectivity index (χ0v) is 16.3. The van der Waals surface area contributed by atoms with E-state index >= 15 is 0 Å². The zero-order chi connectivity index (χ0) is 17.2. The van der Waals surface area contributed by atoms with Gasteiger partial charge < -0.3 is 9.64 Å². The van der Waals surface area contributed by atoms with Crippen LogP contribution in [-0.4, -0.2) is 47.2 Å². The fraction of sp³-hybridized carbons (Fsp3) is 0.611. The molecule has 1 heterocycles. The number of nitrogens with zero attached hydrogens (tertiary/aromatic N) is 2. The summed E-state index contributed by atoms with van der Waals surface area (Å²) >= 11 is 3.64. The van der Waals surface area contributed by atoms with Crippen LogP contribution in [0.15, 0.2) is 28.7 Å². The molecule has 23 heavy (non-hydrogen) atoms. The Balaban J connectivity index is 2.02. The van der Waals surface area contributed by atoms with Gasteiger partial charge in [0.2, 0.25) is 0 Å². The Labute approximate surface area is 147 Å². The summed E-state index contributed by atoms with van der Waals surface area (Å²) in [6.07, 6.45) is -0.211. The Morgan fingerprint density at radius 3 is 2.52 bits per heavy atom. The maximum absolute atomic E-state index is 12.2. The van der Waals surface area contributed by atoms with Crippen molar-refractivity contribution in [3.05, 3.63) is 34.3 Å². The minimum atomic E-state index is -0.445. The number of carbonyl (C=O) groups excluding carboxylic acids is 1. The third kappa shape index (κ3) is 4.70. The van der Waals surface area contributed by atoms with Crippen LogP contribution in [0.5, 0.6) is 0 Å². The van der Waals surface area contributed by atoms with Crippen LogP contribution < -0.4 is 0 Å². The lowest BCUT2D eigenvalue weighted by Gasteiger charge is -2.43. The number of rotatable bonds is 2. The van der Waals surface area contributed by atoms with Gasteiger partial charge in [0.15, 0.2) is 0 Å². The van der Waals surface area contributed by atoms with Gasteiger partial charge in [0.1, 0.15) is 5.60 Å². The van der Waals surface area contributed by atoms with Gasteiger partial charge in [0.25, 0.3) is 0 Å². The lowest BCUT2D eigenvalue weighted by atomic mass is 10.0. The molecule has 1 aliphatic rings. The molecule has 0 aliphatic carbocycles. The van der Waals surface area contributed by atoms with Crippen molar-refractivity contribution in [3.8, 4) is 0 Å². The van der Waals surface area contributed by atoms with E-state index in [0.717, 1.165) is 11.0 Å². The first-order valence-corrected chi connectivity index (χ1v) is 8.96. The van der Waals surface area contributed by atoms with Crippen LogP contribution >= 0.6 is 15.9 Å². The van der Waals surface area contributed by atoms with Crippen LogP contribution in [0.2, 0.25) is 0 Å². The minimum absolute atomic E-state index is 0.211. The molecule has 0 saturated carbocycles. The summed E-state index contributed by atoms with van der Waals surface area (Å²) in [5.74, 6) is 0. The third-order valence-corrected chi connectivity index (χ3v) is 4.91. The lowest BCUT2D eigenvalue weighted by Crippen LogP contribution is -2.54. The van der Waals surface area contributed by atoms with Gasteiger partial charge in [-0.25, -0.2) is 4.79 Å². The van der Waals surface area contributed by atoms with Crippen molar-refractivity contribution >= 4 is 22.0 Å². The van der Waals surface area contributed by atoms with E-state index in [1.807, 2.05) is 31.7 Å². The molecule has 0 spiro atoms. The summed E-state index contributed by atoms with van der Waals surface area (Å²) in [4.78, 5) is 16.5. The van der Waals surface area contributed by atoms with Crippen molar-refractivity contribution < 1.29 is 9.53 Å². The van der Waals surface area contributed by atoms with E-state index in [1.54, 1.807) is 0 Å². The number of halogens is 1. The van der Waals surface area contributed by atoms with Gasteiger partial charge in [-0.05, 0) is 46.2 Å².